The van der Waals surface area contributed by atoms with Crippen molar-refractivity contribution in [2.45, 2.75) is 13.3 Å². The Morgan fingerprint density at radius 2 is 2.00 bits per heavy atom. The molecule has 0 bridgehead atoms. The van der Waals surface area contributed by atoms with Gasteiger partial charge in [0, 0.05) is 17.7 Å². The zero-order valence-corrected chi connectivity index (χ0v) is 10.1. The van der Waals surface area contributed by atoms with E-state index >= 15 is 0 Å². The van der Waals surface area contributed by atoms with Crippen LogP contribution >= 0.6 is 0 Å². The van der Waals surface area contributed by atoms with E-state index in [2.05, 4.69) is 0 Å². The van der Waals surface area contributed by atoms with Crippen molar-refractivity contribution in [1.29, 1.82) is 0 Å². The Morgan fingerprint density at radius 1 is 1.22 bits per heavy atom. The third-order valence-electron chi connectivity index (χ3n) is 2.86. The molecule has 0 aliphatic heterocycles. The van der Waals surface area contributed by atoms with Gasteiger partial charge in [0.1, 0.15) is 5.82 Å². The van der Waals surface area contributed by atoms with Crippen molar-refractivity contribution in [3.63, 3.8) is 0 Å². The van der Waals surface area contributed by atoms with Crippen molar-refractivity contribution in [2.24, 2.45) is 0 Å². The molecule has 0 fully saturated rings. The summed E-state index contributed by atoms with van der Waals surface area (Å²) < 4.78 is 13.0. The van der Waals surface area contributed by atoms with E-state index in [1.54, 1.807) is 37.3 Å². The number of aryl methyl sites for hydroxylation is 1. The third kappa shape index (κ3) is 2.74. The molecule has 2 nitrogen and oxygen atoms in total. The SMILES string of the molecule is Cc1cc(F)ccc1CC(=O)c1cccc(N)c1. The van der Waals surface area contributed by atoms with Crippen LogP contribution in [0.3, 0.4) is 0 Å². The fourth-order valence-corrected chi connectivity index (χ4v) is 1.84. The molecule has 0 heterocycles. The molecule has 3 heteroatoms. The maximum absolute atomic E-state index is 13.0. The van der Waals surface area contributed by atoms with E-state index in [-0.39, 0.29) is 18.0 Å². The van der Waals surface area contributed by atoms with E-state index in [1.807, 2.05) is 0 Å². The van der Waals surface area contributed by atoms with Gasteiger partial charge in [-0.3, -0.25) is 4.79 Å². The topological polar surface area (TPSA) is 43.1 Å². The molecular weight excluding hydrogens is 229 g/mol. The van der Waals surface area contributed by atoms with Crippen LogP contribution in [-0.2, 0) is 6.42 Å². The van der Waals surface area contributed by atoms with Crippen molar-refractivity contribution >= 4 is 11.5 Å². The number of anilines is 1. The lowest BCUT2D eigenvalue weighted by molar-refractivity contribution is 0.0993. The number of nitrogen functional groups attached to an aromatic ring is 1. The molecule has 0 atom stereocenters. The first-order valence-corrected chi connectivity index (χ1v) is 5.70. The molecule has 0 aliphatic carbocycles. The monoisotopic (exact) mass is 243 g/mol. The number of hydrogen-bond acceptors (Lipinski definition) is 2. The number of ketones is 1. The number of carbonyl (C=O) groups is 1. The molecule has 2 rings (SSSR count). The summed E-state index contributed by atoms with van der Waals surface area (Å²) >= 11 is 0. The van der Waals surface area contributed by atoms with Crippen LogP contribution in [0.1, 0.15) is 21.5 Å². The normalized spacial score (nSPS) is 10.3. The van der Waals surface area contributed by atoms with Gasteiger partial charge in [0.15, 0.2) is 5.78 Å². The summed E-state index contributed by atoms with van der Waals surface area (Å²) in [6.45, 7) is 1.80. The van der Waals surface area contributed by atoms with Gasteiger partial charge in [-0.1, -0.05) is 18.2 Å². The molecule has 0 saturated heterocycles. The molecule has 0 aromatic heterocycles. The highest BCUT2D eigenvalue weighted by Gasteiger charge is 2.09. The number of nitrogens with two attached hydrogens (primary N) is 1. The molecular formula is C15H14FNO. The van der Waals surface area contributed by atoms with Gasteiger partial charge in [-0.2, -0.15) is 0 Å². The molecule has 0 amide bonds. The minimum atomic E-state index is -0.285. The zero-order chi connectivity index (χ0) is 13.1. The predicted octanol–water partition coefficient (Wildman–Crippen LogP) is 3.14. The largest absolute Gasteiger partial charge is 0.399 e. The average molecular weight is 243 g/mol. The molecule has 0 saturated carbocycles. The van der Waals surface area contributed by atoms with Gasteiger partial charge in [-0.15, -0.1) is 0 Å². The van der Waals surface area contributed by atoms with Gasteiger partial charge >= 0.3 is 0 Å². The summed E-state index contributed by atoms with van der Waals surface area (Å²) in [5.41, 5.74) is 8.41. The Balaban J connectivity index is 2.21. The fraction of sp³-hybridized carbons (Fsp3) is 0.133. The van der Waals surface area contributed by atoms with Gasteiger partial charge < -0.3 is 5.73 Å². The summed E-state index contributed by atoms with van der Waals surface area (Å²) in [6.07, 6.45) is 0.259. The maximum Gasteiger partial charge on any atom is 0.167 e. The van der Waals surface area contributed by atoms with Crippen molar-refractivity contribution in [3.05, 3.63) is 65.0 Å². The van der Waals surface area contributed by atoms with Gasteiger partial charge in [-0.05, 0) is 42.3 Å². The van der Waals surface area contributed by atoms with Crippen LogP contribution in [0.5, 0.6) is 0 Å². The van der Waals surface area contributed by atoms with Crippen LogP contribution in [0, 0.1) is 12.7 Å². The first-order valence-electron chi connectivity index (χ1n) is 5.70. The van der Waals surface area contributed by atoms with E-state index in [9.17, 15) is 9.18 Å². The van der Waals surface area contributed by atoms with E-state index in [4.69, 9.17) is 5.73 Å². The summed E-state index contributed by atoms with van der Waals surface area (Å²) in [5.74, 6) is -0.301. The summed E-state index contributed by atoms with van der Waals surface area (Å²) in [4.78, 5) is 12.1. The van der Waals surface area contributed by atoms with Crippen LogP contribution in [0.4, 0.5) is 10.1 Å². The minimum Gasteiger partial charge on any atom is -0.399 e. The van der Waals surface area contributed by atoms with Gasteiger partial charge in [0.05, 0.1) is 0 Å². The summed E-state index contributed by atoms with van der Waals surface area (Å²) in [6, 6.07) is 11.3. The Hall–Kier alpha value is -2.16. The second kappa shape index (κ2) is 5.00. The number of hydrogen-bond donors (Lipinski definition) is 1. The Morgan fingerprint density at radius 3 is 2.67 bits per heavy atom. The lowest BCUT2D eigenvalue weighted by Crippen LogP contribution is -2.05. The van der Waals surface area contributed by atoms with Crippen molar-refractivity contribution in [3.8, 4) is 0 Å². The predicted molar refractivity (Wildman–Crippen MR) is 70.0 cm³/mol. The zero-order valence-electron chi connectivity index (χ0n) is 10.1. The molecule has 2 aromatic carbocycles. The standard InChI is InChI=1S/C15H14FNO/c1-10-7-13(16)6-5-11(10)9-15(18)12-3-2-4-14(17)8-12/h2-8H,9,17H2,1H3. The lowest BCUT2D eigenvalue weighted by Gasteiger charge is -2.06. The number of Topliss-reactive ketones (excluding diaryl/α,β-unsaturated/α-hetero) is 1. The van der Waals surface area contributed by atoms with E-state index in [0.717, 1.165) is 11.1 Å². The van der Waals surface area contributed by atoms with E-state index < -0.39 is 0 Å². The maximum atomic E-state index is 13.0. The quantitative estimate of drug-likeness (QED) is 0.664. The second-order valence-electron chi connectivity index (χ2n) is 4.30. The van der Waals surface area contributed by atoms with Crippen LogP contribution < -0.4 is 5.73 Å². The molecule has 2 aromatic rings. The molecule has 2 N–H and O–H groups in total. The van der Waals surface area contributed by atoms with E-state index in [1.165, 1.54) is 12.1 Å². The van der Waals surface area contributed by atoms with Gasteiger partial charge in [0.2, 0.25) is 0 Å². The third-order valence-corrected chi connectivity index (χ3v) is 2.86. The van der Waals surface area contributed by atoms with Crippen LogP contribution in [-0.4, -0.2) is 5.78 Å². The molecule has 0 spiro atoms. The number of halogens is 1. The Kier molecular flexibility index (Phi) is 3.42. The molecule has 0 radical (unpaired) electrons. The lowest BCUT2D eigenvalue weighted by atomic mass is 9.99. The van der Waals surface area contributed by atoms with E-state index in [0.29, 0.717) is 11.3 Å². The molecule has 92 valence electrons. The van der Waals surface area contributed by atoms with Crippen molar-refractivity contribution in [1.82, 2.24) is 0 Å². The van der Waals surface area contributed by atoms with Crippen molar-refractivity contribution in [2.75, 3.05) is 5.73 Å². The highest BCUT2D eigenvalue weighted by atomic mass is 19.1. The minimum absolute atomic E-state index is 0.0167. The summed E-state index contributed by atoms with van der Waals surface area (Å²) in [5, 5.41) is 0. The highest BCUT2D eigenvalue weighted by molar-refractivity contribution is 5.98. The summed E-state index contributed by atoms with van der Waals surface area (Å²) in [7, 11) is 0. The van der Waals surface area contributed by atoms with Gasteiger partial charge in [0.25, 0.3) is 0 Å². The molecule has 0 aliphatic rings. The molecule has 18 heavy (non-hydrogen) atoms. The Bertz CT molecular complexity index is 593. The number of rotatable bonds is 3. The van der Waals surface area contributed by atoms with Crippen molar-refractivity contribution < 1.29 is 9.18 Å². The number of benzene rings is 2. The number of carbonyl (C=O) groups excluding carboxylic acids is 1. The Labute approximate surface area is 105 Å². The van der Waals surface area contributed by atoms with Crippen LogP contribution in [0.25, 0.3) is 0 Å². The highest BCUT2D eigenvalue weighted by Crippen LogP contribution is 2.15. The molecule has 0 unspecified atom stereocenters. The first kappa shape index (κ1) is 12.3. The second-order valence-corrected chi connectivity index (χ2v) is 4.30. The smallest absolute Gasteiger partial charge is 0.167 e. The van der Waals surface area contributed by atoms with Crippen LogP contribution in [0.15, 0.2) is 42.5 Å². The van der Waals surface area contributed by atoms with Crippen LogP contribution in [0.2, 0.25) is 0 Å². The average Bonchev–Trinajstić information content (AvgIpc) is 2.32. The first-order chi connectivity index (χ1) is 8.56. The fourth-order valence-electron chi connectivity index (χ4n) is 1.84. The van der Waals surface area contributed by atoms with Gasteiger partial charge in [-0.25, -0.2) is 4.39 Å².